The topological polar surface area (TPSA) is 84.3 Å². The molecule has 0 radical (unpaired) electrons. The molecule has 134 valence electrons. The Bertz CT molecular complexity index is 810. The van der Waals surface area contributed by atoms with Crippen molar-refractivity contribution < 1.29 is 13.2 Å². The largest absolute Gasteiger partial charge is 0.348 e. The second kappa shape index (κ2) is 7.37. The van der Waals surface area contributed by atoms with Gasteiger partial charge >= 0.3 is 0 Å². The first-order valence-electron chi connectivity index (χ1n) is 8.33. The number of hydrogen-bond donors (Lipinski definition) is 1. The van der Waals surface area contributed by atoms with Gasteiger partial charge in [-0.1, -0.05) is 0 Å². The van der Waals surface area contributed by atoms with E-state index in [2.05, 4.69) is 10.3 Å². The van der Waals surface area contributed by atoms with E-state index in [1.54, 1.807) is 24.7 Å². The fourth-order valence-electron chi connectivity index (χ4n) is 2.92. The molecule has 1 N–H and O–H groups in total. The first-order valence-corrected chi connectivity index (χ1v) is 9.77. The zero-order valence-electron chi connectivity index (χ0n) is 14.1. The maximum atomic E-state index is 12.5. The summed E-state index contributed by atoms with van der Waals surface area (Å²) >= 11 is 0. The van der Waals surface area contributed by atoms with Crippen LogP contribution in [0.25, 0.3) is 0 Å². The van der Waals surface area contributed by atoms with Crippen molar-refractivity contribution in [1.82, 2.24) is 19.2 Å². The Labute approximate surface area is 147 Å². The minimum atomic E-state index is -3.45. The minimum absolute atomic E-state index is 0.0743. The summed E-state index contributed by atoms with van der Waals surface area (Å²) in [4.78, 5) is 16.5. The lowest BCUT2D eigenvalue weighted by molar-refractivity contribution is 0.0936. The van der Waals surface area contributed by atoms with Gasteiger partial charge in [0.15, 0.2) is 0 Å². The van der Waals surface area contributed by atoms with Crippen LogP contribution < -0.4 is 5.32 Å². The predicted molar refractivity (Wildman–Crippen MR) is 93.6 cm³/mol. The van der Waals surface area contributed by atoms with Crippen LogP contribution in [0, 0.1) is 0 Å². The van der Waals surface area contributed by atoms with Gasteiger partial charge in [0.25, 0.3) is 5.91 Å². The van der Waals surface area contributed by atoms with Crippen molar-refractivity contribution in [2.24, 2.45) is 0 Å². The van der Waals surface area contributed by atoms with E-state index in [0.29, 0.717) is 25.2 Å². The summed E-state index contributed by atoms with van der Waals surface area (Å²) in [5, 5.41) is 2.90. The Kier molecular flexibility index (Phi) is 5.19. The van der Waals surface area contributed by atoms with Crippen LogP contribution in [0.15, 0.2) is 47.9 Å². The van der Waals surface area contributed by atoms with Crippen molar-refractivity contribution in [3.8, 4) is 0 Å². The van der Waals surface area contributed by atoms with Gasteiger partial charge in [0.1, 0.15) is 0 Å². The molecule has 1 fully saturated rings. The summed E-state index contributed by atoms with van der Waals surface area (Å²) in [5.41, 5.74) is 0.442. The highest BCUT2D eigenvalue weighted by molar-refractivity contribution is 7.89. The number of imidazole rings is 1. The number of nitrogens with one attached hydrogen (secondary N) is 1. The second-order valence-corrected chi connectivity index (χ2v) is 8.21. The van der Waals surface area contributed by atoms with E-state index in [0.717, 1.165) is 12.8 Å². The van der Waals surface area contributed by atoms with Crippen LogP contribution in [0.2, 0.25) is 0 Å². The van der Waals surface area contributed by atoms with Crippen LogP contribution in [0.5, 0.6) is 0 Å². The molecule has 1 saturated heterocycles. The third-order valence-electron chi connectivity index (χ3n) is 4.24. The number of sulfonamides is 1. The molecule has 1 amide bonds. The maximum Gasteiger partial charge on any atom is 0.251 e. The molecule has 0 saturated carbocycles. The van der Waals surface area contributed by atoms with Gasteiger partial charge in [0.05, 0.1) is 11.2 Å². The van der Waals surface area contributed by atoms with Crippen LogP contribution in [-0.2, 0) is 16.6 Å². The molecule has 1 aliphatic heterocycles. The van der Waals surface area contributed by atoms with E-state index >= 15 is 0 Å². The Morgan fingerprint density at radius 1 is 1.24 bits per heavy atom. The van der Waals surface area contributed by atoms with E-state index in [4.69, 9.17) is 0 Å². The normalized spacial score (nSPS) is 16.7. The Balaban J connectivity index is 1.64. The molecule has 2 aromatic rings. The summed E-state index contributed by atoms with van der Waals surface area (Å²) in [5.74, 6) is -0.224. The lowest BCUT2D eigenvalue weighted by atomic mass is 10.2. The monoisotopic (exact) mass is 362 g/mol. The standard InChI is InChI=1S/C17H22N4O3S/c1-14(12-20-11-8-18-13-20)19-17(22)15-4-6-16(7-5-15)25(23,24)21-9-2-3-10-21/h4-8,11,13-14H,2-3,9-10,12H2,1H3,(H,19,22). The molecular formula is C17H22N4O3S. The predicted octanol–water partition coefficient (Wildman–Crippen LogP) is 1.49. The van der Waals surface area contributed by atoms with E-state index in [1.807, 2.05) is 17.7 Å². The molecule has 7 nitrogen and oxygen atoms in total. The molecule has 1 aromatic heterocycles. The van der Waals surface area contributed by atoms with E-state index in [-0.39, 0.29) is 16.8 Å². The fourth-order valence-corrected chi connectivity index (χ4v) is 4.44. The van der Waals surface area contributed by atoms with Gasteiger partial charge in [0, 0.05) is 43.6 Å². The number of carbonyl (C=O) groups excluding carboxylic acids is 1. The number of rotatable bonds is 6. The smallest absolute Gasteiger partial charge is 0.251 e. The third kappa shape index (κ3) is 4.08. The Hall–Kier alpha value is -2.19. The van der Waals surface area contributed by atoms with Crippen molar-refractivity contribution in [3.63, 3.8) is 0 Å². The molecular weight excluding hydrogens is 340 g/mol. The molecule has 2 heterocycles. The van der Waals surface area contributed by atoms with Crippen molar-refractivity contribution in [2.75, 3.05) is 13.1 Å². The molecule has 0 aliphatic carbocycles. The first-order chi connectivity index (χ1) is 12.0. The number of amides is 1. The van der Waals surface area contributed by atoms with Gasteiger partial charge in [-0.15, -0.1) is 0 Å². The second-order valence-electron chi connectivity index (χ2n) is 6.27. The number of aromatic nitrogens is 2. The van der Waals surface area contributed by atoms with Gasteiger partial charge in [-0.25, -0.2) is 13.4 Å². The number of nitrogens with zero attached hydrogens (tertiary/aromatic N) is 3. The summed E-state index contributed by atoms with van der Waals surface area (Å²) in [6.07, 6.45) is 7.01. The summed E-state index contributed by atoms with van der Waals surface area (Å²) in [7, 11) is -3.45. The van der Waals surface area contributed by atoms with Gasteiger partial charge in [-0.3, -0.25) is 4.79 Å². The zero-order chi connectivity index (χ0) is 17.9. The van der Waals surface area contributed by atoms with Crippen LogP contribution in [0.4, 0.5) is 0 Å². The minimum Gasteiger partial charge on any atom is -0.348 e. The van der Waals surface area contributed by atoms with Gasteiger partial charge in [0.2, 0.25) is 10.0 Å². The SMILES string of the molecule is CC(Cn1ccnc1)NC(=O)c1ccc(S(=O)(=O)N2CCCC2)cc1. The highest BCUT2D eigenvalue weighted by Gasteiger charge is 2.27. The van der Waals surface area contributed by atoms with Crippen LogP contribution in [0.1, 0.15) is 30.1 Å². The van der Waals surface area contributed by atoms with E-state index in [9.17, 15) is 13.2 Å². The molecule has 0 spiro atoms. The van der Waals surface area contributed by atoms with Crippen molar-refractivity contribution in [1.29, 1.82) is 0 Å². The quantitative estimate of drug-likeness (QED) is 0.844. The summed E-state index contributed by atoms with van der Waals surface area (Å²) in [6.45, 7) is 3.66. The molecule has 1 unspecified atom stereocenters. The average Bonchev–Trinajstić information content (AvgIpc) is 3.28. The van der Waals surface area contributed by atoms with Crippen LogP contribution >= 0.6 is 0 Å². The first kappa shape index (κ1) is 17.6. The van der Waals surface area contributed by atoms with Crippen molar-refractivity contribution in [2.45, 2.75) is 37.2 Å². The fraction of sp³-hybridized carbons (Fsp3) is 0.412. The Morgan fingerprint density at radius 3 is 2.52 bits per heavy atom. The number of benzene rings is 1. The highest BCUT2D eigenvalue weighted by atomic mass is 32.2. The molecule has 1 aliphatic rings. The lowest BCUT2D eigenvalue weighted by Crippen LogP contribution is -2.35. The van der Waals surface area contributed by atoms with Gasteiger partial charge in [-0.05, 0) is 44.0 Å². The molecule has 3 rings (SSSR count). The van der Waals surface area contributed by atoms with E-state index in [1.165, 1.54) is 16.4 Å². The number of carbonyl (C=O) groups is 1. The molecule has 1 aromatic carbocycles. The van der Waals surface area contributed by atoms with Gasteiger partial charge < -0.3 is 9.88 Å². The molecule has 8 heteroatoms. The molecule has 1 atom stereocenters. The average molecular weight is 362 g/mol. The Morgan fingerprint density at radius 2 is 1.92 bits per heavy atom. The number of hydrogen-bond acceptors (Lipinski definition) is 4. The lowest BCUT2D eigenvalue weighted by Gasteiger charge is -2.16. The van der Waals surface area contributed by atoms with Crippen molar-refractivity contribution in [3.05, 3.63) is 48.5 Å². The molecule has 25 heavy (non-hydrogen) atoms. The third-order valence-corrected chi connectivity index (χ3v) is 6.15. The molecule has 0 bridgehead atoms. The van der Waals surface area contributed by atoms with Gasteiger partial charge in [-0.2, -0.15) is 4.31 Å². The van der Waals surface area contributed by atoms with Crippen LogP contribution in [0.3, 0.4) is 0 Å². The summed E-state index contributed by atoms with van der Waals surface area (Å²) < 4.78 is 28.4. The maximum absolute atomic E-state index is 12.5. The zero-order valence-corrected chi connectivity index (χ0v) is 14.9. The highest BCUT2D eigenvalue weighted by Crippen LogP contribution is 2.21. The van der Waals surface area contributed by atoms with E-state index < -0.39 is 10.0 Å². The van der Waals surface area contributed by atoms with Crippen LogP contribution in [-0.4, -0.2) is 47.3 Å². The summed E-state index contributed by atoms with van der Waals surface area (Å²) in [6, 6.07) is 6.05. The van der Waals surface area contributed by atoms with Crippen molar-refractivity contribution >= 4 is 15.9 Å².